The van der Waals surface area contributed by atoms with Gasteiger partial charge in [-0.15, -0.1) is 0 Å². The maximum atomic E-state index is 13.6. The molecule has 1 heterocycles. The Morgan fingerprint density at radius 1 is 1.13 bits per heavy atom. The summed E-state index contributed by atoms with van der Waals surface area (Å²) in [6.07, 6.45) is 2.80. The molecular formula is C25H24FNO4. The van der Waals surface area contributed by atoms with E-state index < -0.39 is 24.6 Å². The van der Waals surface area contributed by atoms with E-state index in [1.165, 1.54) is 12.1 Å². The van der Waals surface area contributed by atoms with Crippen molar-refractivity contribution in [2.24, 2.45) is 0 Å². The monoisotopic (exact) mass is 421 g/mol. The summed E-state index contributed by atoms with van der Waals surface area (Å²) in [5.74, 6) is -1.10. The lowest BCUT2D eigenvalue weighted by Gasteiger charge is -2.16. The lowest BCUT2D eigenvalue weighted by molar-refractivity contribution is -0.139. The molecule has 0 saturated heterocycles. The van der Waals surface area contributed by atoms with E-state index in [0.717, 1.165) is 46.1 Å². The first-order valence-corrected chi connectivity index (χ1v) is 10.4. The molecule has 0 spiro atoms. The summed E-state index contributed by atoms with van der Waals surface area (Å²) in [6, 6.07) is 14.1. The molecule has 1 aromatic heterocycles. The molecule has 2 atom stereocenters. The van der Waals surface area contributed by atoms with E-state index in [0.29, 0.717) is 5.92 Å². The smallest absolute Gasteiger partial charge is 0.305 e. The van der Waals surface area contributed by atoms with Crippen molar-refractivity contribution >= 4 is 22.9 Å². The first-order valence-electron chi connectivity index (χ1n) is 10.4. The van der Waals surface area contributed by atoms with E-state index >= 15 is 0 Å². The van der Waals surface area contributed by atoms with Crippen LogP contribution in [-0.2, 0) is 4.79 Å². The Morgan fingerprint density at radius 3 is 2.52 bits per heavy atom. The van der Waals surface area contributed by atoms with Crippen molar-refractivity contribution in [2.45, 2.75) is 43.8 Å². The number of pyridine rings is 1. The second-order valence-corrected chi connectivity index (χ2v) is 8.00. The standard InChI is InChI=1S/C25H24FNO4/c26-17-9-7-15(8-10-17)24-20-3-1-2-4-22(20)27-25(16-5-6-16)21(24)12-11-18(28)13-19(29)14-23(30)31/h1-4,7-12,16,18-19,28-29H,5-6,13-14H2,(H,30,31)/b12-11-/t18-,19+/m0/s1. The Morgan fingerprint density at radius 2 is 1.84 bits per heavy atom. The van der Waals surface area contributed by atoms with Crippen LogP contribution in [0.5, 0.6) is 0 Å². The molecule has 1 aliphatic rings. The third kappa shape index (κ3) is 4.98. The highest BCUT2D eigenvalue weighted by molar-refractivity contribution is 5.99. The van der Waals surface area contributed by atoms with Crippen LogP contribution < -0.4 is 0 Å². The van der Waals surface area contributed by atoms with Crippen LogP contribution in [0.4, 0.5) is 4.39 Å². The zero-order valence-corrected chi connectivity index (χ0v) is 16.9. The summed E-state index contributed by atoms with van der Waals surface area (Å²) in [4.78, 5) is 15.6. The zero-order valence-electron chi connectivity index (χ0n) is 16.9. The van der Waals surface area contributed by atoms with Crippen LogP contribution in [0.15, 0.2) is 54.6 Å². The van der Waals surface area contributed by atoms with Gasteiger partial charge in [0.15, 0.2) is 0 Å². The molecule has 1 fully saturated rings. The summed E-state index contributed by atoms with van der Waals surface area (Å²) in [7, 11) is 0. The maximum absolute atomic E-state index is 13.6. The molecule has 1 aliphatic carbocycles. The number of nitrogens with zero attached hydrogens (tertiary/aromatic N) is 1. The second kappa shape index (κ2) is 8.96. The average Bonchev–Trinajstić information content (AvgIpc) is 3.56. The van der Waals surface area contributed by atoms with E-state index in [1.54, 1.807) is 24.3 Å². The molecule has 3 N–H and O–H groups in total. The summed E-state index contributed by atoms with van der Waals surface area (Å²) >= 11 is 0. The van der Waals surface area contributed by atoms with Gasteiger partial charge in [-0.25, -0.2) is 4.39 Å². The molecule has 0 unspecified atom stereocenters. The maximum Gasteiger partial charge on any atom is 0.305 e. The minimum absolute atomic E-state index is 0.0749. The molecule has 1 saturated carbocycles. The molecule has 160 valence electrons. The number of carboxylic acids is 1. The number of rotatable bonds is 8. The second-order valence-electron chi connectivity index (χ2n) is 8.00. The third-order valence-electron chi connectivity index (χ3n) is 5.47. The van der Waals surface area contributed by atoms with Gasteiger partial charge >= 0.3 is 5.97 Å². The largest absolute Gasteiger partial charge is 0.481 e. The number of hydrogen-bond donors (Lipinski definition) is 3. The molecule has 6 heteroatoms. The van der Waals surface area contributed by atoms with Gasteiger partial charge in [0.05, 0.1) is 29.8 Å². The predicted molar refractivity (Wildman–Crippen MR) is 117 cm³/mol. The Balaban J connectivity index is 1.79. The molecule has 3 aromatic rings. The van der Waals surface area contributed by atoms with Crippen molar-refractivity contribution in [3.8, 4) is 11.1 Å². The van der Waals surface area contributed by atoms with Crippen LogP contribution in [-0.4, -0.2) is 38.5 Å². The molecule has 5 nitrogen and oxygen atoms in total. The number of aliphatic hydroxyl groups excluding tert-OH is 2. The topological polar surface area (TPSA) is 90.7 Å². The Kier molecular flexibility index (Phi) is 6.11. The van der Waals surface area contributed by atoms with Gasteiger partial charge in [-0.1, -0.05) is 42.5 Å². The summed E-state index contributed by atoms with van der Waals surface area (Å²) in [6.45, 7) is 0. The van der Waals surface area contributed by atoms with Crippen molar-refractivity contribution in [3.63, 3.8) is 0 Å². The number of halogens is 1. The highest BCUT2D eigenvalue weighted by Crippen LogP contribution is 2.45. The molecule has 31 heavy (non-hydrogen) atoms. The van der Waals surface area contributed by atoms with Crippen LogP contribution >= 0.6 is 0 Å². The lowest BCUT2D eigenvalue weighted by Crippen LogP contribution is -2.19. The van der Waals surface area contributed by atoms with Gasteiger partial charge in [0.25, 0.3) is 0 Å². The van der Waals surface area contributed by atoms with Crippen LogP contribution in [0.1, 0.15) is 42.9 Å². The van der Waals surface area contributed by atoms with Crippen molar-refractivity contribution in [1.29, 1.82) is 0 Å². The number of para-hydroxylation sites is 1. The average molecular weight is 421 g/mol. The fourth-order valence-electron chi connectivity index (χ4n) is 3.86. The fraction of sp³-hybridized carbons (Fsp3) is 0.280. The summed E-state index contributed by atoms with van der Waals surface area (Å²) in [5.41, 5.74) is 4.43. The van der Waals surface area contributed by atoms with Gasteiger partial charge < -0.3 is 15.3 Å². The van der Waals surface area contributed by atoms with Crippen molar-refractivity contribution in [1.82, 2.24) is 4.98 Å². The normalized spacial score (nSPS) is 16.0. The van der Waals surface area contributed by atoms with Gasteiger partial charge in [-0.2, -0.15) is 0 Å². The number of aromatic nitrogens is 1. The molecule has 4 rings (SSSR count). The first kappa shape index (κ1) is 21.2. The van der Waals surface area contributed by atoms with Crippen LogP contribution in [0.3, 0.4) is 0 Å². The van der Waals surface area contributed by atoms with E-state index in [4.69, 9.17) is 10.1 Å². The highest BCUT2D eigenvalue weighted by atomic mass is 19.1. The molecule has 0 aliphatic heterocycles. The van der Waals surface area contributed by atoms with Gasteiger partial charge in [-0.05, 0) is 36.6 Å². The van der Waals surface area contributed by atoms with Gasteiger partial charge in [0, 0.05) is 28.9 Å². The third-order valence-corrected chi connectivity index (χ3v) is 5.47. The van der Waals surface area contributed by atoms with Gasteiger partial charge in [0.2, 0.25) is 0 Å². The minimum Gasteiger partial charge on any atom is -0.481 e. The number of hydrogen-bond acceptors (Lipinski definition) is 4. The lowest BCUT2D eigenvalue weighted by atomic mass is 9.92. The van der Waals surface area contributed by atoms with Crippen molar-refractivity contribution in [3.05, 3.63) is 71.7 Å². The van der Waals surface area contributed by atoms with Crippen LogP contribution in [0, 0.1) is 5.82 Å². The van der Waals surface area contributed by atoms with E-state index in [9.17, 15) is 19.4 Å². The quantitative estimate of drug-likeness (QED) is 0.498. The highest BCUT2D eigenvalue weighted by Gasteiger charge is 2.29. The number of aliphatic hydroxyl groups is 2. The Hall–Kier alpha value is -3.09. The SMILES string of the molecule is O=C(O)C[C@H](O)C[C@@H](O)/C=C\c1c(C2CC2)nc2ccccc2c1-c1ccc(F)cc1. The molecule has 0 bridgehead atoms. The Bertz CT molecular complexity index is 1120. The molecule has 0 radical (unpaired) electrons. The van der Waals surface area contributed by atoms with Crippen LogP contribution in [0.2, 0.25) is 0 Å². The van der Waals surface area contributed by atoms with Crippen LogP contribution in [0.25, 0.3) is 28.1 Å². The van der Waals surface area contributed by atoms with Crippen molar-refractivity contribution in [2.75, 3.05) is 0 Å². The van der Waals surface area contributed by atoms with E-state index in [1.807, 2.05) is 24.3 Å². The predicted octanol–water partition coefficient (Wildman–Crippen LogP) is 4.52. The number of carboxylic acid groups (broad SMARTS) is 1. The van der Waals surface area contributed by atoms with E-state index in [2.05, 4.69) is 0 Å². The number of carbonyl (C=O) groups is 1. The van der Waals surface area contributed by atoms with Gasteiger partial charge in [-0.3, -0.25) is 9.78 Å². The van der Waals surface area contributed by atoms with Crippen molar-refractivity contribution < 1.29 is 24.5 Å². The van der Waals surface area contributed by atoms with Gasteiger partial charge in [0.1, 0.15) is 5.82 Å². The summed E-state index contributed by atoms with van der Waals surface area (Å²) in [5, 5.41) is 29.9. The number of benzene rings is 2. The molecular weight excluding hydrogens is 397 g/mol. The molecule has 0 amide bonds. The van der Waals surface area contributed by atoms with E-state index in [-0.39, 0.29) is 12.2 Å². The first-order chi connectivity index (χ1) is 14.9. The number of aliphatic carboxylic acids is 1. The zero-order chi connectivity index (χ0) is 22.0. The number of fused-ring (bicyclic) bond motifs is 1. The minimum atomic E-state index is -1.13. The Labute approximate surface area is 179 Å². The molecule has 2 aromatic carbocycles. The summed E-state index contributed by atoms with van der Waals surface area (Å²) < 4.78 is 13.6. The fourth-order valence-corrected chi connectivity index (χ4v) is 3.86.